The van der Waals surface area contributed by atoms with Crippen molar-refractivity contribution >= 4 is 18.0 Å². The van der Waals surface area contributed by atoms with E-state index in [1.54, 1.807) is 0 Å². The fraction of sp³-hybridized carbons (Fsp3) is 0.346. The Kier molecular flexibility index (Phi) is 6.77. The zero-order chi connectivity index (χ0) is 23.4. The Morgan fingerprint density at radius 3 is 2.30 bits per heavy atom. The fourth-order valence-corrected chi connectivity index (χ4v) is 4.76. The third kappa shape index (κ3) is 4.92. The molecule has 0 bridgehead atoms. The molecule has 2 aliphatic rings. The number of carboxylic acids is 1. The highest BCUT2D eigenvalue weighted by atomic mass is 16.5. The summed E-state index contributed by atoms with van der Waals surface area (Å²) in [4.78, 5) is 36.0. The van der Waals surface area contributed by atoms with Gasteiger partial charge in [-0.1, -0.05) is 61.0 Å². The van der Waals surface area contributed by atoms with Crippen LogP contribution < -0.4 is 10.6 Å². The lowest BCUT2D eigenvalue weighted by Gasteiger charge is -2.21. The van der Waals surface area contributed by atoms with Gasteiger partial charge in [0.15, 0.2) is 0 Å². The van der Waals surface area contributed by atoms with Crippen molar-refractivity contribution in [1.82, 2.24) is 10.6 Å². The third-order valence-corrected chi connectivity index (χ3v) is 6.52. The van der Waals surface area contributed by atoms with E-state index in [-0.39, 0.29) is 42.5 Å². The molecule has 0 aromatic heterocycles. The standard InChI is InChI=1S/C26H28N2O5/c1-16(25(30)31)13-14-27-24(29)21-11-6-12-23(21)28-26(32)33-15-22-19-9-4-2-7-17(19)18-8-3-5-10-20(18)22/h2-5,7-10,13,21-23H,6,11-12,14-15H2,1H3,(H,27,29)(H,28,32)(H,30,31)/b16-13+/t21-,23+/m1/s1. The summed E-state index contributed by atoms with van der Waals surface area (Å²) in [5.41, 5.74) is 4.81. The number of fused-ring (bicyclic) bond motifs is 3. The molecule has 3 N–H and O–H groups in total. The van der Waals surface area contributed by atoms with Crippen molar-refractivity contribution in [3.63, 3.8) is 0 Å². The molecule has 7 nitrogen and oxygen atoms in total. The summed E-state index contributed by atoms with van der Waals surface area (Å²) in [6.45, 7) is 1.85. The first-order chi connectivity index (χ1) is 16.0. The zero-order valence-electron chi connectivity index (χ0n) is 18.5. The first kappa shape index (κ1) is 22.6. The number of nitrogens with one attached hydrogen (secondary N) is 2. The Balaban J connectivity index is 1.33. The second-order valence-corrected chi connectivity index (χ2v) is 8.55. The minimum atomic E-state index is -1.01. The molecule has 2 atom stereocenters. The molecule has 0 aliphatic heterocycles. The van der Waals surface area contributed by atoms with Gasteiger partial charge in [0.1, 0.15) is 6.61 Å². The second-order valence-electron chi connectivity index (χ2n) is 8.55. The lowest BCUT2D eigenvalue weighted by atomic mass is 9.98. The van der Waals surface area contributed by atoms with Crippen LogP contribution in [-0.2, 0) is 14.3 Å². The number of hydrogen-bond donors (Lipinski definition) is 3. The van der Waals surface area contributed by atoms with Crippen LogP contribution in [-0.4, -0.2) is 42.3 Å². The van der Waals surface area contributed by atoms with E-state index < -0.39 is 12.1 Å². The Morgan fingerprint density at radius 2 is 1.67 bits per heavy atom. The largest absolute Gasteiger partial charge is 0.478 e. The number of benzene rings is 2. The van der Waals surface area contributed by atoms with Gasteiger partial charge in [0.05, 0.1) is 5.92 Å². The number of carbonyl (C=O) groups is 3. The zero-order valence-corrected chi connectivity index (χ0v) is 18.5. The topological polar surface area (TPSA) is 105 Å². The molecular formula is C26H28N2O5. The fourth-order valence-electron chi connectivity index (χ4n) is 4.76. The highest BCUT2D eigenvalue weighted by molar-refractivity contribution is 5.86. The highest BCUT2D eigenvalue weighted by Crippen LogP contribution is 2.44. The van der Waals surface area contributed by atoms with Crippen LogP contribution in [0.1, 0.15) is 43.2 Å². The molecule has 2 aromatic rings. The highest BCUT2D eigenvalue weighted by Gasteiger charge is 2.35. The smallest absolute Gasteiger partial charge is 0.407 e. The van der Waals surface area contributed by atoms with E-state index in [0.29, 0.717) is 12.8 Å². The summed E-state index contributed by atoms with van der Waals surface area (Å²) in [6, 6.07) is 16.0. The lowest BCUT2D eigenvalue weighted by Crippen LogP contribution is -2.44. The van der Waals surface area contributed by atoms with Crippen molar-refractivity contribution in [2.75, 3.05) is 13.2 Å². The molecule has 7 heteroatoms. The van der Waals surface area contributed by atoms with Gasteiger partial charge in [-0.25, -0.2) is 9.59 Å². The van der Waals surface area contributed by atoms with Gasteiger partial charge in [0.25, 0.3) is 0 Å². The lowest BCUT2D eigenvalue weighted by molar-refractivity contribution is -0.132. The molecule has 0 unspecified atom stereocenters. The van der Waals surface area contributed by atoms with Crippen LogP contribution in [0, 0.1) is 5.92 Å². The summed E-state index contributed by atoms with van der Waals surface area (Å²) in [6.07, 6.45) is 3.14. The summed E-state index contributed by atoms with van der Waals surface area (Å²) in [5.74, 6) is -1.58. The van der Waals surface area contributed by atoms with Crippen LogP contribution in [0.15, 0.2) is 60.2 Å². The van der Waals surface area contributed by atoms with Crippen LogP contribution >= 0.6 is 0 Å². The Hall–Kier alpha value is -3.61. The second kappa shape index (κ2) is 9.90. The monoisotopic (exact) mass is 448 g/mol. The molecule has 172 valence electrons. The molecule has 4 rings (SSSR count). The summed E-state index contributed by atoms with van der Waals surface area (Å²) < 4.78 is 5.61. The minimum absolute atomic E-state index is 0.0184. The molecule has 0 heterocycles. The van der Waals surface area contributed by atoms with Crippen LogP contribution in [0.3, 0.4) is 0 Å². The summed E-state index contributed by atoms with van der Waals surface area (Å²) in [7, 11) is 0. The van der Waals surface area contributed by atoms with Gasteiger partial charge in [-0.3, -0.25) is 4.79 Å². The number of aliphatic carboxylic acids is 1. The van der Waals surface area contributed by atoms with E-state index in [2.05, 4.69) is 34.9 Å². The third-order valence-electron chi connectivity index (χ3n) is 6.52. The van der Waals surface area contributed by atoms with E-state index >= 15 is 0 Å². The van der Waals surface area contributed by atoms with Gasteiger partial charge in [-0.05, 0) is 42.0 Å². The average Bonchev–Trinajstić information content (AvgIpc) is 3.40. The van der Waals surface area contributed by atoms with Gasteiger partial charge < -0.3 is 20.5 Å². The molecule has 1 saturated carbocycles. The quantitative estimate of drug-likeness (QED) is 0.558. The van der Waals surface area contributed by atoms with E-state index in [4.69, 9.17) is 9.84 Å². The number of alkyl carbamates (subject to hydrolysis) is 1. The van der Waals surface area contributed by atoms with Crippen molar-refractivity contribution < 1.29 is 24.2 Å². The maximum absolute atomic E-state index is 12.6. The van der Waals surface area contributed by atoms with E-state index in [9.17, 15) is 14.4 Å². The maximum atomic E-state index is 12.6. The Morgan fingerprint density at radius 1 is 1.03 bits per heavy atom. The number of amides is 2. The van der Waals surface area contributed by atoms with Crippen molar-refractivity contribution in [3.05, 3.63) is 71.3 Å². The van der Waals surface area contributed by atoms with Crippen molar-refractivity contribution in [1.29, 1.82) is 0 Å². The molecule has 1 fully saturated rings. The maximum Gasteiger partial charge on any atom is 0.407 e. The van der Waals surface area contributed by atoms with Gasteiger partial charge in [0.2, 0.25) is 5.91 Å². The summed E-state index contributed by atoms with van der Waals surface area (Å²) in [5, 5.41) is 14.5. The molecule has 0 saturated heterocycles. The molecule has 2 amide bonds. The van der Waals surface area contributed by atoms with Crippen LogP contribution in [0.25, 0.3) is 11.1 Å². The van der Waals surface area contributed by atoms with E-state index in [1.807, 2.05) is 24.3 Å². The minimum Gasteiger partial charge on any atom is -0.478 e. The molecule has 0 radical (unpaired) electrons. The number of carbonyl (C=O) groups excluding carboxylic acids is 2. The van der Waals surface area contributed by atoms with Crippen molar-refractivity contribution in [2.45, 2.75) is 38.1 Å². The molecular weight excluding hydrogens is 420 g/mol. The normalized spacial score (nSPS) is 19.5. The van der Waals surface area contributed by atoms with Crippen LogP contribution in [0.5, 0.6) is 0 Å². The number of hydrogen-bond acceptors (Lipinski definition) is 4. The van der Waals surface area contributed by atoms with Gasteiger partial charge in [0, 0.05) is 24.1 Å². The molecule has 0 spiro atoms. The van der Waals surface area contributed by atoms with E-state index in [0.717, 1.165) is 17.5 Å². The predicted octanol–water partition coefficient (Wildman–Crippen LogP) is 3.84. The first-order valence-electron chi connectivity index (χ1n) is 11.2. The average molecular weight is 449 g/mol. The first-order valence-corrected chi connectivity index (χ1v) is 11.2. The predicted molar refractivity (Wildman–Crippen MR) is 124 cm³/mol. The molecule has 33 heavy (non-hydrogen) atoms. The number of ether oxygens (including phenoxy) is 1. The Labute approximate surface area is 192 Å². The van der Waals surface area contributed by atoms with Crippen molar-refractivity contribution in [3.8, 4) is 11.1 Å². The van der Waals surface area contributed by atoms with E-state index in [1.165, 1.54) is 24.1 Å². The molecule has 2 aromatic carbocycles. The van der Waals surface area contributed by atoms with Crippen LogP contribution in [0.2, 0.25) is 0 Å². The van der Waals surface area contributed by atoms with Gasteiger partial charge in [-0.2, -0.15) is 0 Å². The van der Waals surface area contributed by atoms with Gasteiger partial charge in [-0.15, -0.1) is 0 Å². The van der Waals surface area contributed by atoms with Gasteiger partial charge >= 0.3 is 12.1 Å². The number of rotatable bonds is 7. The summed E-state index contributed by atoms with van der Waals surface area (Å²) >= 11 is 0. The van der Waals surface area contributed by atoms with Crippen molar-refractivity contribution in [2.24, 2.45) is 5.92 Å². The molecule has 2 aliphatic carbocycles. The van der Waals surface area contributed by atoms with Crippen LogP contribution in [0.4, 0.5) is 4.79 Å². The Bertz CT molecular complexity index is 1050. The number of carboxylic acid groups (broad SMARTS) is 1. The SMILES string of the molecule is C/C(=C\CNC(=O)[C@@H]1CCC[C@@H]1NC(=O)OCC1c2ccccc2-c2ccccc21)C(=O)O.